The number of hydrogen-bond donors (Lipinski definition) is 0. The van der Waals surface area contributed by atoms with Gasteiger partial charge in [0.2, 0.25) is 0 Å². The number of aromatic nitrogens is 2. The van der Waals surface area contributed by atoms with Gasteiger partial charge in [0.25, 0.3) is 5.91 Å². The molecule has 2 aromatic heterocycles. The molecule has 6 heteroatoms. The van der Waals surface area contributed by atoms with Crippen molar-refractivity contribution in [3.63, 3.8) is 0 Å². The zero-order valence-corrected chi connectivity index (χ0v) is 15.2. The molecule has 1 aromatic carbocycles. The molecule has 0 atom stereocenters. The molecule has 1 saturated carbocycles. The van der Waals surface area contributed by atoms with Gasteiger partial charge in [-0.05, 0) is 37.1 Å². The first-order valence-electron chi connectivity index (χ1n) is 8.95. The van der Waals surface area contributed by atoms with Crippen LogP contribution in [0.5, 0.6) is 0 Å². The van der Waals surface area contributed by atoms with Gasteiger partial charge in [-0.15, -0.1) is 11.3 Å². The SMILES string of the molecule is O=C(c1cncs1)N(Cc1ccc2cc(F)ccc2n1)C1CCCCC1. The van der Waals surface area contributed by atoms with Crippen LogP contribution in [0.4, 0.5) is 4.39 Å². The molecule has 26 heavy (non-hydrogen) atoms. The van der Waals surface area contributed by atoms with Crippen LogP contribution < -0.4 is 0 Å². The summed E-state index contributed by atoms with van der Waals surface area (Å²) in [5, 5.41) is 0.770. The number of pyridine rings is 1. The second kappa shape index (κ2) is 7.50. The van der Waals surface area contributed by atoms with Gasteiger partial charge in [0, 0.05) is 11.4 Å². The fraction of sp³-hybridized carbons (Fsp3) is 0.350. The number of amides is 1. The minimum Gasteiger partial charge on any atom is -0.329 e. The zero-order valence-electron chi connectivity index (χ0n) is 14.4. The van der Waals surface area contributed by atoms with Crippen LogP contribution in [0.2, 0.25) is 0 Å². The minimum absolute atomic E-state index is 0.0282. The van der Waals surface area contributed by atoms with Crippen molar-refractivity contribution in [2.75, 3.05) is 0 Å². The molecule has 0 radical (unpaired) electrons. The van der Waals surface area contributed by atoms with Gasteiger partial charge < -0.3 is 4.90 Å². The quantitative estimate of drug-likeness (QED) is 0.663. The number of carbonyl (C=O) groups excluding carboxylic acids is 1. The van der Waals surface area contributed by atoms with Crippen LogP contribution in [0.3, 0.4) is 0 Å². The highest BCUT2D eigenvalue weighted by molar-refractivity contribution is 7.11. The zero-order chi connectivity index (χ0) is 17.9. The third-order valence-electron chi connectivity index (χ3n) is 4.96. The fourth-order valence-corrected chi connectivity index (χ4v) is 4.20. The second-order valence-electron chi connectivity index (χ2n) is 6.73. The molecule has 0 bridgehead atoms. The van der Waals surface area contributed by atoms with Crippen LogP contribution in [0, 0.1) is 5.82 Å². The summed E-state index contributed by atoms with van der Waals surface area (Å²) in [4.78, 5) is 24.3. The van der Waals surface area contributed by atoms with Gasteiger partial charge in [-0.1, -0.05) is 25.3 Å². The molecule has 0 aliphatic heterocycles. The molecule has 0 N–H and O–H groups in total. The molecule has 0 spiro atoms. The monoisotopic (exact) mass is 369 g/mol. The summed E-state index contributed by atoms with van der Waals surface area (Å²) in [5.74, 6) is -0.239. The summed E-state index contributed by atoms with van der Waals surface area (Å²) in [6.45, 7) is 0.467. The predicted octanol–water partition coefficient (Wildman–Crippen LogP) is 4.81. The average molecular weight is 369 g/mol. The molecule has 1 aliphatic rings. The van der Waals surface area contributed by atoms with Crippen LogP contribution in [-0.2, 0) is 6.54 Å². The number of hydrogen-bond acceptors (Lipinski definition) is 4. The van der Waals surface area contributed by atoms with Crippen molar-refractivity contribution >= 4 is 28.1 Å². The summed E-state index contributed by atoms with van der Waals surface area (Å²) in [5.41, 5.74) is 3.26. The minimum atomic E-state index is -0.267. The van der Waals surface area contributed by atoms with E-state index in [0.717, 1.165) is 42.3 Å². The molecule has 2 heterocycles. The lowest BCUT2D eigenvalue weighted by molar-refractivity contribution is 0.0616. The number of benzene rings is 1. The van der Waals surface area contributed by atoms with E-state index in [4.69, 9.17) is 0 Å². The highest BCUT2D eigenvalue weighted by atomic mass is 32.1. The summed E-state index contributed by atoms with van der Waals surface area (Å²) in [6.07, 6.45) is 7.24. The largest absolute Gasteiger partial charge is 0.329 e. The molecule has 1 amide bonds. The van der Waals surface area contributed by atoms with Gasteiger partial charge in [-0.2, -0.15) is 0 Å². The van der Waals surface area contributed by atoms with Crippen LogP contribution in [-0.4, -0.2) is 26.8 Å². The number of fused-ring (bicyclic) bond motifs is 1. The van der Waals surface area contributed by atoms with Crippen molar-refractivity contribution in [2.45, 2.75) is 44.7 Å². The van der Waals surface area contributed by atoms with Gasteiger partial charge in [0.1, 0.15) is 10.7 Å². The molecule has 4 nitrogen and oxygen atoms in total. The topological polar surface area (TPSA) is 46.1 Å². The van der Waals surface area contributed by atoms with Gasteiger partial charge in [-0.25, -0.2) is 4.39 Å². The van der Waals surface area contributed by atoms with Crippen molar-refractivity contribution in [2.24, 2.45) is 0 Å². The van der Waals surface area contributed by atoms with Gasteiger partial charge in [-0.3, -0.25) is 14.8 Å². The number of halogens is 1. The maximum Gasteiger partial charge on any atom is 0.266 e. The number of nitrogens with zero attached hydrogens (tertiary/aromatic N) is 3. The van der Waals surface area contributed by atoms with Crippen molar-refractivity contribution in [1.29, 1.82) is 0 Å². The fourth-order valence-electron chi connectivity index (χ4n) is 3.62. The first kappa shape index (κ1) is 17.1. The Morgan fingerprint density at radius 3 is 2.81 bits per heavy atom. The van der Waals surface area contributed by atoms with Crippen LogP contribution in [0.25, 0.3) is 10.9 Å². The second-order valence-corrected chi connectivity index (χ2v) is 7.62. The Bertz CT molecular complexity index is 907. The normalized spacial score (nSPS) is 15.3. The molecular weight excluding hydrogens is 349 g/mol. The Hall–Kier alpha value is -2.34. The van der Waals surface area contributed by atoms with Crippen molar-refractivity contribution in [3.8, 4) is 0 Å². The summed E-state index contributed by atoms with van der Waals surface area (Å²) in [6, 6.07) is 8.58. The van der Waals surface area contributed by atoms with E-state index in [-0.39, 0.29) is 17.8 Å². The smallest absolute Gasteiger partial charge is 0.266 e. The third kappa shape index (κ3) is 3.60. The predicted molar refractivity (Wildman–Crippen MR) is 101 cm³/mol. The summed E-state index contributed by atoms with van der Waals surface area (Å²) in [7, 11) is 0. The van der Waals surface area contributed by atoms with E-state index in [1.807, 2.05) is 17.0 Å². The van der Waals surface area contributed by atoms with E-state index >= 15 is 0 Å². The van der Waals surface area contributed by atoms with E-state index in [1.54, 1.807) is 17.8 Å². The van der Waals surface area contributed by atoms with Crippen LogP contribution >= 0.6 is 11.3 Å². The lowest BCUT2D eigenvalue weighted by Gasteiger charge is -2.34. The molecule has 1 aliphatic carbocycles. The Morgan fingerprint density at radius 1 is 1.19 bits per heavy atom. The molecule has 3 aromatic rings. The first-order valence-corrected chi connectivity index (χ1v) is 9.83. The first-order chi connectivity index (χ1) is 12.7. The van der Waals surface area contributed by atoms with E-state index in [0.29, 0.717) is 11.4 Å². The highest BCUT2D eigenvalue weighted by Crippen LogP contribution is 2.26. The highest BCUT2D eigenvalue weighted by Gasteiger charge is 2.27. The third-order valence-corrected chi connectivity index (χ3v) is 5.72. The lowest BCUT2D eigenvalue weighted by Crippen LogP contribution is -2.40. The summed E-state index contributed by atoms with van der Waals surface area (Å²) >= 11 is 1.37. The van der Waals surface area contributed by atoms with Crippen molar-refractivity contribution in [3.05, 3.63) is 58.4 Å². The van der Waals surface area contributed by atoms with Crippen molar-refractivity contribution < 1.29 is 9.18 Å². The van der Waals surface area contributed by atoms with E-state index in [9.17, 15) is 9.18 Å². The van der Waals surface area contributed by atoms with Gasteiger partial charge in [0.15, 0.2) is 0 Å². The van der Waals surface area contributed by atoms with Crippen molar-refractivity contribution in [1.82, 2.24) is 14.9 Å². The maximum atomic E-state index is 13.4. The Kier molecular flexibility index (Phi) is 4.93. The molecule has 4 rings (SSSR count). The Balaban J connectivity index is 1.63. The number of carbonyl (C=O) groups is 1. The Morgan fingerprint density at radius 2 is 2.04 bits per heavy atom. The van der Waals surface area contributed by atoms with Crippen LogP contribution in [0.1, 0.15) is 47.5 Å². The van der Waals surface area contributed by atoms with E-state index < -0.39 is 0 Å². The number of rotatable bonds is 4. The molecular formula is C20H20FN3OS. The molecule has 134 valence electrons. The standard InChI is InChI=1S/C20H20FN3OS/c21-15-7-9-18-14(10-15)6-8-16(23-18)12-24(17-4-2-1-3-5-17)20(25)19-11-22-13-26-19/h6-11,13,17H,1-5,12H2. The van der Waals surface area contributed by atoms with Crippen LogP contribution in [0.15, 0.2) is 42.0 Å². The molecule has 0 unspecified atom stereocenters. The Labute approximate surface area is 155 Å². The van der Waals surface area contributed by atoms with E-state index in [2.05, 4.69) is 9.97 Å². The maximum absolute atomic E-state index is 13.4. The average Bonchev–Trinajstić information content (AvgIpc) is 3.21. The lowest BCUT2D eigenvalue weighted by atomic mass is 9.94. The molecule has 1 fully saturated rings. The van der Waals surface area contributed by atoms with Gasteiger partial charge in [0.05, 0.1) is 29.5 Å². The summed E-state index contributed by atoms with van der Waals surface area (Å²) < 4.78 is 13.4. The molecule has 0 saturated heterocycles. The number of thiazole rings is 1. The van der Waals surface area contributed by atoms with E-state index in [1.165, 1.54) is 29.9 Å². The van der Waals surface area contributed by atoms with Gasteiger partial charge >= 0.3 is 0 Å².